The van der Waals surface area contributed by atoms with Gasteiger partial charge in [0.05, 0.1) is 5.52 Å². The Hall–Kier alpha value is -2.17. The summed E-state index contributed by atoms with van der Waals surface area (Å²) in [5.74, 6) is -0.105. The number of aryl methyl sites for hydroxylation is 1. The molecule has 1 saturated carbocycles. The second kappa shape index (κ2) is 5.31. The van der Waals surface area contributed by atoms with Gasteiger partial charge in [0, 0.05) is 18.2 Å². The first-order valence-electron chi connectivity index (χ1n) is 6.99. The Morgan fingerprint density at radius 1 is 1.48 bits per heavy atom. The highest BCUT2D eigenvalue weighted by molar-refractivity contribution is 5.54. The fourth-order valence-electron chi connectivity index (χ4n) is 2.72. The molecule has 2 heterocycles. The van der Waals surface area contributed by atoms with Gasteiger partial charge >= 0.3 is 0 Å². The normalized spacial score (nSPS) is 15.9. The molecule has 1 aliphatic rings. The fraction of sp³-hybridized carbons (Fsp3) is 0.375. The van der Waals surface area contributed by atoms with E-state index in [1.807, 2.05) is 0 Å². The molecule has 110 valence electrons. The van der Waals surface area contributed by atoms with Gasteiger partial charge in [-0.05, 0) is 43.4 Å². The van der Waals surface area contributed by atoms with Crippen LogP contribution in [-0.4, -0.2) is 17.0 Å². The maximum atomic E-state index is 13.5. The van der Waals surface area contributed by atoms with E-state index in [2.05, 4.69) is 0 Å². The zero-order chi connectivity index (χ0) is 15.0. The molecule has 4 nitrogen and oxygen atoms in total. The highest BCUT2D eigenvalue weighted by Crippen LogP contribution is 2.35. The average Bonchev–Trinajstić information content (AvgIpc) is 3.26. The SMILES string of the molecule is Cc1cc(F)cn2c(=O)c(CC(OC=O)C3CC3)ccc12. The summed E-state index contributed by atoms with van der Waals surface area (Å²) in [6.45, 7) is 2.20. The summed E-state index contributed by atoms with van der Waals surface area (Å²) in [4.78, 5) is 23.0. The van der Waals surface area contributed by atoms with E-state index in [1.165, 1.54) is 16.7 Å². The molecule has 1 aliphatic carbocycles. The van der Waals surface area contributed by atoms with Crippen LogP contribution in [0, 0.1) is 18.7 Å². The van der Waals surface area contributed by atoms with Crippen molar-refractivity contribution in [2.24, 2.45) is 5.92 Å². The standard InChI is InChI=1S/C16H16FNO3/c1-10-6-13(17)8-18-14(10)5-4-12(16(18)20)7-15(21-9-19)11-2-3-11/h4-6,8-9,11,15H,2-3,7H2,1H3. The Labute approximate surface area is 121 Å². The van der Waals surface area contributed by atoms with Gasteiger partial charge < -0.3 is 4.74 Å². The number of halogens is 1. The molecule has 1 unspecified atom stereocenters. The number of hydrogen-bond acceptors (Lipinski definition) is 3. The predicted octanol–water partition coefficient (Wildman–Crippen LogP) is 2.24. The van der Waals surface area contributed by atoms with Gasteiger partial charge in [-0.1, -0.05) is 6.07 Å². The lowest BCUT2D eigenvalue weighted by atomic mass is 10.1. The maximum Gasteiger partial charge on any atom is 0.293 e. The highest BCUT2D eigenvalue weighted by atomic mass is 19.1. The number of carbonyl (C=O) groups excluding carboxylic acids is 1. The van der Waals surface area contributed by atoms with Crippen molar-refractivity contribution in [1.82, 2.24) is 4.40 Å². The van der Waals surface area contributed by atoms with Crippen LogP contribution in [0.25, 0.3) is 5.52 Å². The number of aromatic nitrogens is 1. The number of carbonyl (C=O) groups is 1. The molecule has 0 spiro atoms. The topological polar surface area (TPSA) is 47.8 Å². The van der Waals surface area contributed by atoms with Gasteiger partial charge in [0.1, 0.15) is 11.9 Å². The summed E-state index contributed by atoms with van der Waals surface area (Å²) in [7, 11) is 0. The molecule has 0 aliphatic heterocycles. The van der Waals surface area contributed by atoms with E-state index in [0.717, 1.165) is 12.8 Å². The van der Waals surface area contributed by atoms with Crippen molar-refractivity contribution in [2.75, 3.05) is 0 Å². The molecule has 2 aromatic rings. The van der Waals surface area contributed by atoms with Crippen molar-refractivity contribution in [1.29, 1.82) is 0 Å². The van der Waals surface area contributed by atoms with Crippen LogP contribution < -0.4 is 5.56 Å². The smallest absolute Gasteiger partial charge is 0.293 e. The first kappa shape index (κ1) is 13.8. The lowest BCUT2D eigenvalue weighted by Gasteiger charge is -2.14. The van der Waals surface area contributed by atoms with Crippen LogP contribution in [0.2, 0.25) is 0 Å². The van der Waals surface area contributed by atoms with E-state index < -0.39 is 5.82 Å². The second-order valence-electron chi connectivity index (χ2n) is 5.57. The van der Waals surface area contributed by atoms with Crippen molar-refractivity contribution in [3.05, 3.63) is 51.7 Å². The molecule has 0 amide bonds. The van der Waals surface area contributed by atoms with Crippen LogP contribution in [0.4, 0.5) is 4.39 Å². The van der Waals surface area contributed by atoms with Crippen LogP contribution >= 0.6 is 0 Å². The number of fused-ring (bicyclic) bond motifs is 1. The number of nitrogens with zero attached hydrogens (tertiary/aromatic N) is 1. The predicted molar refractivity (Wildman–Crippen MR) is 75.7 cm³/mol. The minimum absolute atomic E-state index is 0.254. The van der Waals surface area contributed by atoms with Crippen LogP contribution in [0.5, 0.6) is 0 Å². The molecule has 21 heavy (non-hydrogen) atoms. The molecule has 0 N–H and O–H groups in total. The molecule has 1 atom stereocenters. The summed E-state index contributed by atoms with van der Waals surface area (Å²) in [5, 5.41) is 0. The minimum atomic E-state index is -0.442. The summed E-state index contributed by atoms with van der Waals surface area (Å²) in [5.41, 5.74) is 1.68. The molecular weight excluding hydrogens is 273 g/mol. The summed E-state index contributed by atoms with van der Waals surface area (Å²) < 4.78 is 19.9. The Kier molecular flexibility index (Phi) is 3.49. The fourth-order valence-corrected chi connectivity index (χ4v) is 2.72. The molecule has 3 rings (SSSR count). The van der Waals surface area contributed by atoms with Gasteiger partial charge in [0.2, 0.25) is 0 Å². The molecule has 0 radical (unpaired) electrons. The summed E-state index contributed by atoms with van der Waals surface area (Å²) in [6.07, 6.45) is 3.34. The van der Waals surface area contributed by atoms with Gasteiger partial charge in [0.25, 0.3) is 12.0 Å². The molecule has 0 bridgehead atoms. The second-order valence-corrected chi connectivity index (χ2v) is 5.57. The van der Waals surface area contributed by atoms with E-state index in [0.29, 0.717) is 35.5 Å². The zero-order valence-corrected chi connectivity index (χ0v) is 11.7. The van der Waals surface area contributed by atoms with Crippen molar-refractivity contribution in [3.63, 3.8) is 0 Å². The first-order valence-corrected chi connectivity index (χ1v) is 6.99. The number of ether oxygens (including phenoxy) is 1. The maximum absolute atomic E-state index is 13.5. The Balaban J connectivity index is 2.01. The van der Waals surface area contributed by atoms with Crippen LogP contribution in [0.15, 0.2) is 29.2 Å². The van der Waals surface area contributed by atoms with Crippen molar-refractivity contribution >= 4 is 12.0 Å². The van der Waals surface area contributed by atoms with Crippen molar-refractivity contribution in [2.45, 2.75) is 32.3 Å². The van der Waals surface area contributed by atoms with Gasteiger partial charge in [0.15, 0.2) is 0 Å². The Morgan fingerprint density at radius 3 is 2.90 bits per heavy atom. The number of pyridine rings is 2. The van der Waals surface area contributed by atoms with E-state index in [9.17, 15) is 14.0 Å². The average molecular weight is 289 g/mol. The third-order valence-corrected chi connectivity index (χ3v) is 4.01. The Bertz CT molecular complexity index is 749. The van der Waals surface area contributed by atoms with Gasteiger partial charge in [-0.2, -0.15) is 0 Å². The third-order valence-electron chi connectivity index (χ3n) is 4.01. The van der Waals surface area contributed by atoms with E-state index in [1.54, 1.807) is 19.1 Å². The Morgan fingerprint density at radius 2 is 2.24 bits per heavy atom. The summed E-state index contributed by atoms with van der Waals surface area (Å²) in [6, 6.07) is 4.94. The number of hydrogen-bond donors (Lipinski definition) is 0. The van der Waals surface area contributed by atoms with Gasteiger partial charge in [-0.15, -0.1) is 0 Å². The zero-order valence-electron chi connectivity index (χ0n) is 11.7. The quantitative estimate of drug-likeness (QED) is 0.793. The van der Waals surface area contributed by atoms with E-state index in [-0.39, 0.29) is 11.7 Å². The molecule has 0 aromatic carbocycles. The first-order chi connectivity index (χ1) is 10.1. The van der Waals surface area contributed by atoms with E-state index >= 15 is 0 Å². The molecule has 0 saturated heterocycles. The molecule has 2 aromatic heterocycles. The van der Waals surface area contributed by atoms with Crippen LogP contribution in [0.3, 0.4) is 0 Å². The van der Waals surface area contributed by atoms with Gasteiger partial charge in [-0.3, -0.25) is 14.0 Å². The third kappa shape index (κ3) is 2.68. The monoisotopic (exact) mass is 289 g/mol. The highest BCUT2D eigenvalue weighted by Gasteiger charge is 2.33. The molecule has 5 heteroatoms. The van der Waals surface area contributed by atoms with E-state index in [4.69, 9.17) is 4.74 Å². The van der Waals surface area contributed by atoms with Crippen molar-refractivity contribution in [3.8, 4) is 0 Å². The molecule has 1 fully saturated rings. The van der Waals surface area contributed by atoms with Crippen LogP contribution in [-0.2, 0) is 16.0 Å². The minimum Gasteiger partial charge on any atom is -0.464 e. The van der Waals surface area contributed by atoms with Crippen LogP contribution in [0.1, 0.15) is 24.0 Å². The lowest BCUT2D eigenvalue weighted by molar-refractivity contribution is -0.134. The lowest BCUT2D eigenvalue weighted by Crippen LogP contribution is -2.25. The van der Waals surface area contributed by atoms with Gasteiger partial charge in [-0.25, -0.2) is 4.39 Å². The number of rotatable bonds is 5. The largest absolute Gasteiger partial charge is 0.464 e. The van der Waals surface area contributed by atoms with Crippen molar-refractivity contribution < 1.29 is 13.9 Å². The summed E-state index contributed by atoms with van der Waals surface area (Å²) >= 11 is 0. The molecular formula is C16H16FNO3.